The maximum atomic E-state index is 3.45. The molecule has 1 aromatic carbocycles. The first-order valence-corrected chi connectivity index (χ1v) is 7.69. The van der Waals surface area contributed by atoms with Crippen LogP contribution in [0.15, 0.2) is 24.3 Å². The van der Waals surface area contributed by atoms with E-state index >= 15 is 0 Å². The van der Waals surface area contributed by atoms with Crippen molar-refractivity contribution < 1.29 is 0 Å². The minimum absolute atomic E-state index is 0.538. The zero-order chi connectivity index (χ0) is 15.0. The highest BCUT2D eigenvalue weighted by atomic mass is 15.2. The molecule has 0 saturated heterocycles. The molecule has 0 heterocycles. The van der Waals surface area contributed by atoms with E-state index in [0.717, 1.165) is 32.7 Å². The third kappa shape index (κ3) is 7.04. The van der Waals surface area contributed by atoms with Crippen molar-refractivity contribution in [3.8, 4) is 0 Å². The number of hydrogen-bond donors (Lipinski definition) is 1. The van der Waals surface area contributed by atoms with Crippen LogP contribution < -0.4 is 5.32 Å². The molecule has 20 heavy (non-hydrogen) atoms. The van der Waals surface area contributed by atoms with E-state index in [-0.39, 0.29) is 0 Å². The van der Waals surface area contributed by atoms with Crippen LogP contribution in [0.3, 0.4) is 0 Å². The quantitative estimate of drug-likeness (QED) is 0.748. The van der Waals surface area contributed by atoms with Crippen LogP contribution in [0, 0.1) is 0 Å². The van der Waals surface area contributed by atoms with E-state index in [1.54, 1.807) is 0 Å². The summed E-state index contributed by atoms with van der Waals surface area (Å²) in [6, 6.07) is 9.50. The topological polar surface area (TPSA) is 18.5 Å². The van der Waals surface area contributed by atoms with Gasteiger partial charge in [0.25, 0.3) is 0 Å². The first-order chi connectivity index (χ1) is 9.51. The summed E-state index contributed by atoms with van der Waals surface area (Å²) in [5.41, 5.74) is 2.75. The summed E-state index contributed by atoms with van der Waals surface area (Å²) in [6.45, 7) is 11.9. The highest BCUT2D eigenvalue weighted by molar-refractivity contribution is 5.22. The molecule has 0 fully saturated rings. The van der Waals surface area contributed by atoms with Gasteiger partial charge in [0.1, 0.15) is 0 Å². The Morgan fingerprint density at radius 2 is 1.50 bits per heavy atom. The molecule has 0 saturated carbocycles. The highest BCUT2D eigenvalue weighted by Gasteiger charge is 2.02. The molecule has 0 radical (unpaired) electrons. The molecular formula is C17H31N3. The van der Waals surface area contributed by atoms with Gasteiger partial charge in [0.05, 0.1) is 0 Å². The van der Waals surface area contributed by atoms with Crippen LogP contribution in [0.25, 0.3) is 0 Å². The van der Waals surface area contributed by atoms with Crippen LogP contribution in [-0.2, 0) is 13.1 Å². The Hall–Kier alpha value is -0.900. The van der Waals surface area contributed by atoms with E-state index in [9.17, 15) is 0 Å². The number of nitrogens with one attached hydrogen (secondary N) is 1. The van der Waals surface area contributed by atoms with Gasteiger partial charge in [0.2, 0.25) is 0 Å². The summed E-state index contributed by atoms with van der Waals surface area (Å²) >= 11 is 0. The third-order valence-corrected chi connectivity index (χ3v) is 3.59. The van der Waals surface area contributed by atoms with Crippen LogP contribution >= 0.6 is 0 Å². The third-order valence-electron chi connectivity index (χ3n) is 3.59. The van der Waals surface area contributed by atoms with Crippen molar-refractivity contribution in [2.24, 2.45) is 0 Å². The van der Waals surface area contributed by atoms with Crippen molar-refractivity contribution in [2.45, 2.75) is 39.9 Å². The number of benzene rings is 1. The summed E-state index contributed by atoms with van der Waals surface area (Å²) in [5.74, 6) is 0. The Balaban J connectivity index is 2.36. The largest absolute Gasteiger partial charge is 0.310 e. The lowest BCUT2D eigenvalue weighted by Gasteiger charge is -2.21. The number of nitrogens with zero attached hydrogens (tertiary/aromatic N) is 2. The van der Waals surface area contributed by atoms with E-state index in [2.05, 4.69) is 74.2 Å². The molecule has 0 atom stereocenters. The average molecular weight is 277 g/mol. The van der Waals surface area contributed by atoms with Crippen LogP contribution in [0.4, 0.5) is 0 Å². The van der Waals surface area contributed by atoms with Gasteiger partial charge in [-0.3, -0.25) is 0 Å². The molecule has 0 unspecified atom stereocenters. The van der Waals surface area contributed by atoms with Gasteiger partial charge >= 0.3 is 0 Å². The monoisotopic (exact) mass is 277 g/mol. The van der Waals surface area contributed by atoms with Gasteiger partial charge in [-0.1, -0.05) is 45.0 Å². The SMILES string of the molecule is CCN(C)CCN(C)Cc1ccc(CNC(C)C)cc1. The molecule has 1 rings (SSSR count). The number of likely N-dealkylation sites (N-methyl/N-ethyl adjacent to an activating group) is 2. The van der Waals surface area contributed by atoms with Crippen LogP contribution in [0.2, 0.25) is 0 Å². The van der Waals surface area contributed by atoms with E-state index in [1.165, 1.54) is 11.1 Å². The van der Waals surface area contributed by atoms with E-state index in [0.29, 0.717) is 6.04 Å². The molecule has 0 aliphatic heterocycles. The van der Waals surface area contributed by atoms with Gasteiger partial charge in [0.15, 0.2) is 0 Å². The molecule has 0 aliphatic rings. The molecule has 0 aromatic heterocycles. The normalized spacial score (nSPS) is 11.8. The van der Waals surface area contributed by atoms with Crippen molar-refractivity contribution in [1.82, 2.24) is 15.1 Å². The molecule has 3 nitrogen and oxygen atoms in total. The molecule has 1 aromatic rings. The molecule has 1 N–H and O–H groups in total. The number of hydrogen-bond acceptors (Lipinski definition) is 3. The molecule has 0 bridgehead atoms. The second kappa shape index (κ2) is 9.11. The maximum Gasteiger partial charge on any atom is 0.0231 e. The lowest BCUT2D eigenvalue weighted by molar-refractivity contribution is 0.258. The summed E-state index contributed by atoms with van der Waals surface area (Å²) in [6.07, 6.45) is 0. The second-order valence-electron chi connectivity index (χ2n) is 5.99. The molecule has 0 spiro atoms. The Morgan fingerprint density at radius 1 is 0.950 bits per heavy atom. The van der Waals surface area contributed by atoms with Gasteiger partial charge in [-0.25, -0.2) is 0 Å². The molecule has 3 heteroatoms. The molecular weight excluding hydrogens is 246 g/mol. The molecule has 114 valence electrons. The lowest BCUT2D eigenvalue weighted by atomic mass is 10.1. The van der Waals surface area contributed by atoms with Gasteiger partial charge in [-0.15, -0.1) is 0 Å². The highest BCUT2D eigenvalue weighted by Crippen LogP contribution is 2.07. The van der Waals surface area contributed by atoms with Crippen molar-refractivity contribution in [3.05, 3.63) is 35.4 Å². The van der Waals surface area contributed by atoms with Gasteiger partial charge < -0.3 is 15.1 Å². The van der Waals surface area contributed by atoms with E-state index < -0.39 is 0 Å². The minimum Gasteiger partial charge on any atom is -0.310 e. The van der Waals surface area contributed by atoms with Gasteiger partial charge in [0, 0.05) is 32.2 Å². The van der Waals surface area contributed by atoms with E-state index in [1.807, 2.05) is 0 Å². The van der Waals surface area contributed by atoms with Crippen molar-refractivity contribution in [2.75, 3.05) is 33.7 Å². The van der Waals surface area contributed by atoms with E-state index in [4.69, 9.17) is 0 Å². The fourth-order valence-corrected chi connectivity index (χ4v) is 1.97. The maximum absolute atomic E-state index is 3.45. The second-order valence-corrected chi connectivity index (χ2v) is 5.99. The standard InChI is InChI=1S/C17H31N3/c1-6-19(4)11-12-20(5)14-17-9-7-16(8-10-17)13-18-15(2)3/h7-10,15,18H,6,11-14H2,1-5H3. The fraction of sp³-hybridized carbons (Fsp3) is 0.647. The minimum atomic E-state index is 0.538. The average Bonchev–Trinajstić information content (AvgIpc) is 2.44. The number of rotatable bonds is 9. The Kier molecular flexibility index (Phi) is 7.82. The predicted octanol–water partition coefficient (Wildman–Crippen LogP) is 2.57. The van der Waals surface area contributed by atoms with Gasteiger partial charge in [-0.05, 0) is 31.8 Å². The Labute approximate surface area is 125 Å². The predicted molar refractivity (Wildman–Crippen MR) is 87.9 cm³/mol. The van der Waals surface area contributed by atoms with Crippen molar-refractivity contribution in [3.63, 3.8) is 0 Å². The van der Waals surface area contributed by atoms with Crippen LogP contribution in [0.5, 0.6) is 0 Å². The van der Waals surface area contributed by atoms with Crippen molar-refractivity contribution >= 4 is 0 Å². The summed E-state index contributed by atoms with van der Waals surface area (Å²) in [5, 5.41) is 3.45. The summed E-state index contributed by atoms with van der Waals surface area (Å²) in [7, 11) is 4.36. The van der Waals surface area contributed by atoms with Gasteiger partial charge in [-0.2, -0.15) is 0 Å². The van der Waals surface area contributed by atoms with Crippen LogP contribution in [0.1, 0.15) is 31.9 Å². The van der Waals surface area contributed by atoms with Crippen molar-refractivity contribution in [1.29, 1.82) is 0 Å². The van der Waals surface area contributed by atoms with Crippen LogP contribution in [-0.4, -0.2) is 49.6 Å². The summed E-state index contributed by atoms with van der Waals surface area (Å²) < 4.78 is 0. The first kappa shape index (κ1) is 17.2. The summed E-state index contributed by atoms with van der Waals surface area (Å²) in [4.78, 5) is 4.73. The lowest BCUT2D eigenvalue weighted by Crippen LogP contribution is -2.30. The smallest absolute Gasteiger partial charge is 0.0231 e. The Morgan fingerprint density at radius 3 is 2.05 bits per heavy atom. The zero-order valence-electron chi connectivity index (χ0n) is 13.8. The first-order valence-electron chi connectivity index (χ1n) is 7.69. The molecule has 0 amide bonds. The molecule has 0 aliphatic carbocycles. The fourth-order valence-electron chi connectivity index (χ4n) is 1.97. The zero-order valence-corrected chi connectivity index (χ0v) is 13.8. The Bertz CT molecular complexity index is 359.